The summed E-state index contributed by atoms with van der Waals surface area (Å²) >= 11 is 2.81. The van der Waals surface area contributed by atoms with Gasteiger partial charge in [-0.3, -0.25) is 4.79 Å². The molecule has 0 aliphatic rings. The van der Waals surface area contributed by atoms with Gasteiger partial charge in [0.25, 0.3) is 0 Å². The van der Waals surface area contributed by atoms with Crippen molar-refractivity contribution in [2.75, 3.05) is 0 Å². The summed E-state index contributed by atoms with van der Waals surface area (Å²) in [5.41, 5.74) is 0. The van der Waals surface area contributed by atoms with Crippen LogP contribution < -0.4 is 0 Å². The van der Waals surface area contributed by atoms with Crippen LogP contribution in [-0.2, 0) is 4.79 Å². The number of halogens is 1. The van der Waals surface area contributed by atoms with Gasteiger partial charge in [-0.05, 0) is 10.8 Å². The molecule has 7 heavy (non-hydrogen) atoms. The first-order valence-corrected chi connectivity index (χ1v) is 2.75. The van der Waals surface area contributed by atoms with Crippen molar-refractivity contribution < 1.29 is 4.79 Å². The first kappa shape index (κ1) is 6.71. The van der Waals surface area contributed by atoms with Gasteiger partial charge in [-0.2, -0.15) is 0 Å². The summed E-state index contributed by atoms with van der Waals surface area (Å²) in [5.74, 6) is 2.29. The molecule has 0 aromatic heterocycles. The molecule has 0 bridgehead atoms. The SMILES string of the molecule is CCC(=O)C#CBr. The van der Waals surface area contributed by atoms with E-state index in [1.807, 2.05) is 0 Å². The van der Waals surface area contributed by atoms with Crippen LogP contribution in [0.25, 0.3) is 0 Å². The van der Waals surface area contributed by atoms with Crippen molar-refractivity contribution in [3.8, 4) is 10.8 Å². The van der Waals surface area contributed by atoms with Crippen LogP contribution in [0.3, 0.4) is 0 Å². The van der Waals surface area contributed by atoms with Gasteiger partial charge in [0.2, 0.25) is 5.78 Å². The summed E-state index contributed by atoms with van der Waals surface area (Å²) in [4.78, 5) is 12.5. The van der Waals surface area contributed by atoms with Gasteiger partial charge in [0.15, 0.2) is 0 Å². The minimum absolute atomic E-state index is 0.0307. The molecule has 0 unspecified atom stereocenters. The van der Waals surface area contributed by atoms with E-state index in [1.54, 1.807) is 6.92 Å². The predicted molar refractivity (Wildman–Crippen MR) is 32.0 cm³/mol. The highest BCUT2D eigenvalue weighted by Gasteiger charge is 1.84. The zero-order chi connectivity index (χ0) is 5.70. The Morgan fingerprint density at radius 2 is 2.43 bits per heavy atom. The van der Waals surface area contributed by atoms with E-state index in [2.05, 4.69) is 26.7 Å². The molecule has 0 atom stereocenters. The van der Waals surface area contributed by atoms with Crippen molar-refractivity contribution in [3.63, 3.8) is 0 Å². The Bertz CT molecular complexity index is 118. The van der Waals surface area contributed by atoms with E-state index in [0.29, 0.717) is 6.42 Å². The van der Waals surface area contributed by atoms with Crippen LogP contribution in [-0.4, -0.2) is 5.78 Å². The average molecular weight is 161 g/mol. The zero-order valence-corrected chi connectivity index (χ0v) is 5.58. The van der Waals surface area contributed by atoms with Crippen molar-refractivity contribution in [2.45, 2.75) is 13.3 Å². The minimum atomic E-state index is -0.0307. The molecule has 0 aliphatic carbocycles. The molecule has 1 nitrogen and oxygen atoms in total. The number of rotatable bonds is 1. The third-order valence-corrected chi connectivity index (χ3v) is 0.706. The summed E-state index contributed by atoms with van der Waals surface area (Å²) in [6.07, 6.45) is 0.499. The number of hydrogen-bond donors (Lipinski definition) is 0. The monoisotopic (exact) mass is 160 g/mol. The highest BCUT2D eigenvalue weighted by atomic mass is 79.9. The van der Waals surface area contributed by atoms with Gasteiger partial charge in [0.05, 0.1) is 0 Å². The van der Waals surface area contributed by atoms with Crippen LogP contribution in [0.1, 0.15) is 13.3 Å². The van der Waals surface area contributed by atoms with E-state index in [0.717, 1.165) is 0 Å². The molecule has 2 heteroatoms. The second-order valence-electron chi connectivity index (χ2n) is 0.996. The van der Waals surface area contributed by atoms with E-state index >= 15 is 0 Å². The van der Waals surface area contributed by atoms with E-state index in [-0.39, 0.29) is 5.78 Å². The number of carbonyl (C=O) groups is 1. The molecule has 0 aromatic rings. The third kappa shape index (κ3) is 3.54. The lowest BCUT2D eigenvalue weighted by Gasteiger charge is -1.72. The second-order valence-corrected chi connectivity index (χ2v) is 1.39. The molecule has 0 aromatic carbocycles. The molecule has 0 rings (SSSR count). The Balaban J connectivity index is 3.52. The lowest BCUT2D eigenvalue weighted by Crippen LogP contribution is -1.85. The van der Waals surface area contributed by atoms with E-state index in [4.69, 9.17) is 0 Å². The smallest absolute Gasteiger partial charge is 0.206 e. The maximum absolute atomic E-state index is 10.2. The van der Waals surface area contributed by atoms with Crippen molar-refractivity contribution >= 4 is 21.7 Å². The van der Waals surface area contributed by atoms with Crippen molar-refractivity contribution in [3.05, 3.63) is 0 Å². The molecule has 0 heterocycles. The summed E-state index contributed by atoms with van der Waals surface area (Å²) < 4.78 is 0. The quantitative estimate of drug-likeness (QED) is 0.530. The number of Topliss-reactive ketones (excluding diaryl/α,β-unsaturated/α-hetero) is 1. The van der Waals surface area contributed by atoms with Crippen LogP contribution in [0.5, 0.6) is 0 Å². The van der Waals surface area contributed by atoms with Gasteiger partial charge in [-0.15, -0.1) is 0 Å². The first-order chi connectivity index (χ1) is 3.31. The Morgan fingerprint density at radius 3 is 2.57 bits per heavy atom. The number of ketones is 1. The van der Waals surface area contributed by atoms with E-state index < -0.39 is 0 Å². The fourth-order valence-electron chi connectivity index (χ4n) is 0.141. The fourth-order valence-corrected chi connectivity index (χ4v) is 0.362. The Labute approximate surface area is 51.2 Å². The Hall–Kier alpha value is -0.290. The molecule has 38 valence electrons. The second kappa shape index (κ2) is 3.89. The van der Waals surface area contributed by atoms with Crippen LogP contribution >= 0.6 is 15.9 Å². The molecule has 0 fully saturated rings. The highest BCUT2D eigenvalue weighted by molar-refractivity contribution is 9.12. The lowest BCUT2D eigenvalue weighted by molar-refractivity contribution is -0.113. The third-order valence-electron chi connectivity index (χ3n) is 0.508. The van der Waals surface area contributed by atoms with Crippen molar-refractivity contribution in [1.82, 2.24) is 0 Å². The van der Waals surface area contributed by atoms with Gasteiger partial charge < -0.3 is 0 Å². The molecule has 0 saturated heterocycles. The largest absolute Gasteiger partial charge is 0.285 e. The predicted octanol–water partition coefficient (Wildman–Crippen LogP) is 1.32. The van der Waals surface area contributed by atoms with Crippen LogP contribution in [0.4, 0.5) is 0 Å². The summed E-state index contributed by atoms with van der Waals surface area (Å²) in [7, 11) is 0. The lowest BCUT2D eigenvalue weighted by atomic mass is 10.3. The van der Waals surface area contributed by atoms with Crippen LogP contribution in [0.2, 0.25) is 0 Å². The Morgan fingerprint density at radius 1 is 1.86 bits per heavy atom. The molecule has 0 spiro atoms. The maximum Gasteiger partial charge on any atom is 0.206 e. The molecule has 0 saturated carbocycles. The minimum Gasteiger partial charge on any atom is -0.285 e. The van der Waals surface area contributed by atoms with Gasteiger partial charge in [0.1, 0.15) is 0 Å². The molecular formula is C5H5BrO. The molecule has 0 N–H and O–H groups in total. The molecular weight excluding hydrogens is 156 g/mol. The maximum atomic E-state index is 10.2. The highest BCUT2D eigenvalue weighted by Crippen LogP contribution is 1.77. The molecule has 0 radical (unpaired) electrons. The normalized spacial score (nSPS) is 6.57. The standard InChI is InChI=1S/C5H5BrO/c1-2-5(7)3-4-6/h2H2,1H3. The molecule has 0 amide bonds. The number of carbonyl (C=O) groups excluding carboxylic acids is 1. The van der Waals surface area contributed by atoms with Crippen LogP contribution in [0.15, 0.2) is 0 Å². The summed E-state index contributed by atoms with van der Waals surface area (Å²) in [6, 6.07) is 0. The van der Waals surface area contributed by atoms with Crippen molar-refractivity contribution in [1.29, 1.82) is 0 Å². The fraction of sp³-hybridized carbons (Fsp3) is 0.400. The summed E-state index contributed by atoms with van der Waals surface area (Å²) in [6.45, 7) is 1.78. The number of hydrogen-bond acceptors (Lipinski definition) is 1. The van der Waals surface area contributed by atoms with Gasteiger partial charge in [-0.1, -0.05) is 6.92 Å². The average Bonchev–Trinajstić information content (AvgIpc) is 1.68. The Kier molecular flexibility index (Phi) is 3.72. The van der Waals surface area contributed by atoms with E-state index in [9.17, 15) is 4.79 Å². The first-order valence-electron chi connectivity index (χ1n) is 1.95. The summed E-state index contributed by atoms with van der Waals surface area (Å²) in [5, 5.41) is 0. The van der Waals surface area contributed by atoms with Gasteiger partial charge >= 0.3 is 0 Å². The van der Waals surface area contributed by atoms with Crippen LogP contribution in [0, 0.1) is 10.8 Å². The van der Waals surface area contributed by atoms with Gasteiger partial charge in [0, 0.05) is 22.4 Å². The topological polar surface area (TPSA) is 17.1 Å². The van der Waals surface area contributed by atoms with Crippen molar-refractivity contribution in [2.24, 2.45) is 0 Å². The molecule has 0 aliphatic heterocycles. The zero-order valence-electron chi connectivity index (χ0n) is 3.99. The van der Waals surface area contributed by atoms with E-state index in [1.165, 1.54) is 0 Å². The van der Waals surface area contributed by atoms with Gasteiger partial charge in [-0.25, -0.2) is 0 Å².